The van der Waals surface area contributed by atoms with Gasteiger partial charge in [0, 0.05) is 38.3 Å². The van der Waals surface area contributed by atoms with Crippen molar-refractivity contribution in [3.63, 3.8) is 0 Å². The highest BCUT2D eigenvalue weighted by Crippen LogP contribution is 2.20. The van der Waals surface area contributed by atoms with E-state index in [1.54, 1.807) is 7.11 Å². The van der Waals surface area contributed by atoms with Crippen LogP contribution in [0.1, 0.15) is 25.8 Å². The van der Waals surface area contributed by atoms with Gasteiger partial charge in [0.05, 0.1) is 13.2 Å². The summed E-state index contributed by atoms with van der Waals surface area (Å²) in [7, 11) is 1.70. The van der Waals surface area contributed by atoms with E-state index in [0.717, 1.165) is 44.9 Å². The minimum Gasteiger partial charge on any atom is -0.496 e. The fourth-order valence-electron chi connectivity index (χ4n) is 2.91. The van der Waals surface area contributed by atoms with E-state index in [1.807, 2.05) is 30.0 Å². The number of amides is 1. The molecule has 0 saturated carbocycles. The first-order valence-corrected chi connectivity index (χ1v) is 8.45. The van der Waals surface area contributed by atoms with Gasteiger partial charge in [-0.3, -0.25) is 9.69 Å². The lowest BCUT2D eigenvalue weighted by Crippen LogP contribution is -2.54. The predicted molar refractivity (Wildman–Crippen MR) is 92.3 cm³/mol. The second kappa shape index (κ2) is 8.31. The number of piperazine rings is 1. The Hall–Kier alpha value is -1.59. The SMILES string of the molecule is CCC(C)C(N)C(=O)N1CCN(Cc2ccccc2OC)CC1. The Bertz CT molecular complexity index is 513. The summed E-state index contributed by atoms with van der Waals surface area (Å²) in [6, 6.07) is 7.72. The van der Waals surface area contributed by atoms with E-state index in [9.17, 15) is 4.79 Å². The lowest BCUT2D eigenvalue weighted by molar-refractivity contribution is -0.135. The summed E-state index contributed by atoms with van der Waals surface area (Å²) in [5, 5.41) is 0. The molecule has 1 aromatic rings. The molecule has 1 saturated heterocycles. The van der Waals surface area contributed by atoms with Crippen molar-refractivity contribution in [2.45, 2.75) is 32.9 Å². The summed E-state index contributed by atoms with van der Waals surface area (Å²) in [4.78, 5) is 16.7. The minimum atomic E-state index is -0.374. The van der Waals surface area contributed by atoms with Gasteiger partial charge in [-0.15, -0.1) is 0 Å². The van der Waals surface area contributed by atoms with E-state index in [2.05, 4.69) is 17.9 Å². The summed E-state index contributed by atoms with van der Waals surface area (Å²) in [5.74, 6) is 1.25. The Morgan fingerprint density at radius 1 is 1.26 bits per heavy atom. The molecule has 0 bridgehead atoms. The molecule has 1 aliphatic rings. The Labute approximate surface area is 139 Å². The monoisotopic (exact) mass is 319 g/mol. The van der Waals surface area contributed by atoms with Crippen LogP contribution < -0.4 is 10.5 Å². The van der Waals surface area contributed by atoms with E-state index in [0.29, 0.717) is 0 Å². The van der Waals surface area contributed by atoms with Gasteiger partial charge < -0.3 is 15.4 Å². The van der Waals surface area contributed by atoms with Crippen molar-refractivity contribution in [2.24, 2.45) is 11.7 Å². The summed E-state index contributed by atoms with van der Waals surface area (Å²) in [6.45, 7) is 8.21. The molecule has 0 spiro atoms. The number of rotatable bonds is 6. The molecule has 1 heterocycles. The normalized spacial score (nSPS) is 18.5. The van der Waals surface area contributed by atoms with Crippen molar-refractivity contribution >= 4 is 5.91 Å². The van der Waals surface area contributed by atoms with Gasteiger partial charge in [-0.2, -0.15) is 0 Å². The second-order valence-corrected chi connectivity index (χ2v) is 6.32. The van der Waals surface area contributed by atoms with Crippen LogP contribution in [0.5, 0.6) is 5.75 Å². The highest BCUT2D eigenvalue weighted by atomic mass is 16.5. The first kappa shape index (κ1) is 17.8. The maximum Gasteiger partial charge on any atom is 0.239 e. The average molecular weight is 319 g/mol. The van der Waals surface area contributed by atoms with E-state index in [4.69, 9.17) is 10.5 Å². The molecule has 0 aliphatic carbocycles. The van der Waals surface area contributed by atoms with Crippen molar-refractivity contribution in [1.82, 2.24) is 9.80 Å². The smallest absolute Gasteiger partial charge is 0.239 e. The topological polar surface area (TPSA) is 58.8 Å². The van der Waals surface area contributed by atoms with Gasteiger partial charge in [-0.05, 0) is 12.0 Å². The molecule has 5 nitrogen and oxygen atoms in total. The summed E-state index contributed by atoms with van der Waals surface area (Å²) in [5.41, 5.74) is 7.26. The van der Waals surface area contributed by atoms with Gasteiger partial charge in [0.15, 0.2) is 0 Å². The zero-order chi connectivity index (χ0) is 16.8. The van der Waals surface area contributed by atoms with E-state index >= 15 is 0 Å². The Balaban J connectivity index is 1.87. The van der Waals surface area contributed by atoms with E-state index < -0.39 is 0 Å². The number of hydrogen-bond acceptors (Lipinski definition) is 4. The van der Waals surface area contributed by atoms with Gasteiger partial charge in [0.1, 0.15) is 5.75 Å². The average Bonchev–Trinajstić information content (AvgIpc) is 2.61. The fourth-order valence-corrected chi connectivity index (χ4v) is 2.91. The van der Waals surface area contributed by atoms with Crippen molar-refractivity contribution in [3.8, 4) is 5.75 Å². The number of methoxy groups -OCH3 is 1. The summed E-state index contributed by atoms with van der Waals surface area (Å²) in [6.07, 6.45) is 0.931. The Morgan fingerprint density at radius 3 is 2.52 bits per heavy atom. The van der Waals surface area contributed by atoms with E-state index in [-0.39, 0.29) is 17.9 Å². The van der Waals surface area contributed by atoms with Gasteiger partial charge in [-0.1, -0.05) is 38.5 Å². The van der Waals surface area contributed by atoms with Crippen LogP contribution in [0.3, 0.4) is 0 Å². The number of ether oxygens (including phenoxy) is 1. The zero-order valence-electron chi connectivity index (χ0n) is 14.5. The minimum absolute atomic E-state index is 0.0938. The predicted octanol–water partition coefficient (Wildman–Crippen LogP) is 1.71. The number of nitrogens with zero attached hydrogens (tertiary/aromatic N) is 2. The third-order valence-corrected chi connectivity index (χ3v) is 4.81. The third kappa shape index (κ3) is 4.45. The molecule has 2 unspecified atom stereocenters. The molecule has 1 aromatic carbocycles. The van der Waals surface area contributed by atoms with Crippen molar-refractivity contribution in [1.29, 1.82) is 0 Å². The lowest BCUT2D eigenvalue weighted by atomic mass is 9.98. The highest BCUT2D eigenvalue weighted by molar-refractivity contribution is 5.82. The van der Waals surface area contributed by atoms with Crippen LogP contribution in [-0.4, -0.2) is 55.0 Å². The number of carbonyl (C=O) groups is 1. The Kier molecular flexibility index (Phi) is 6.42. The summed E-state index contributed by atoms with van der Waals surface area (Å²) < 4.78 is 5.41. The highest BCUT2D eigenvalue weighted by Gasteiger charge is 2.27. The van der Waals surface area contributed by atoms with Crippen molar-refractivity contribution < 1.29 is 9.53 Å². The number of para-hydroxylation sites is 1. The lowest BCUT2D eigenvalue weighted by Gasteiger charge is -2.36. The van der Waals surface area contributed by atoms with E-state index in [1.165, 1.54) is 5.56 Å². The number of nitrogens with two attached hydrogens (primary N) is 1. The number of hydrogen-bond donors (Lipinski definition) is 1. The van der Waals surface area contributed by atoms with Crippen LogP contribution in [0.15, 0.2) is 24.3 Å². The first-order valence-electron chi connectivity index (χ1n) is 8.45. The van der Waals surface area contributed by atoms with Crippen LogP contribution in [0, 0.1) is 5.92 Å². The summed E-state index contributed by atoms with van der Waals surface area (Å²) >= 11 is 0. The van der Waals surface area contributed by atoms with Crippen molar-refractivity contribution in [3.05, 3.63) is 29.8 Å². The quantitative estimate of drug-likeness (QED) is 0.867. The molecule has 1 aliphatic heterocycles. The molecule has 2 rings (SSSR count). The van der Waals surface area contributed by atoms with Crippen LogP contribution in [0.4, 0.5) is 0 Å². The number of carbonyl (C=O) groups excluding carboxylic acids is 1. The first-order chi connectivity index (χ1) is 11.1. The molecule has 23 heavy (non-hydrogen) atoms. The van der Waals surface area contributed by atoms with Gasteiger partial charge in [0.2, 0.25) is 5.91 Å². The zero-order valence-corrected chi connectivity index (χ0v) is 14.5. The standard InChI is InChI=1S/C18H29N3O2/c1-4-14(2)17(19)18(22)21-11-9-20(10-12-21)13-15-7-5-6-8-16(15)23-3/h5-8,14,17H,4,9-13,19H2,1-3H3. The molecule has 1 fully saturated rings. The molecule has 2 atom stereocenters. The van der Waals surface area contributed by atoms with Gasteiger partial charge in [0.25, 0.3) is 0 Å². The molecule has 0 aromatic heterocycles. The second-order valence-electron chi connectivity index (χ2n) is 6.32. The van der Waals surface area contributed by atoms with Gasteiger partial charge >= 0.3 is 0 Å². The van der Waals surface area contributed by atoms with Crippen LogP contribution >= 0.6 is 0 Å². The van der Waals surface area contributed by atoms with Crippen LogP contribution in [-0.2, 0) is 11.3 Å². The Morgan fingerprint density at radius 2 is 1.91 bits per heavy atom. The third-order valence-electron chi connectivity index (χ3n) is 4.81. The van der Waals surface area contributed by atoms with Crippen LogP contribution in [0.2, 0.25) is 0 Å². The molecule has 0 radical (unpaired) electrons. The largest absolute Gasteiger partial charge is 0.496 e. The number of benzene rings is 1. The molecule has 2 N–H and O–H groups in total. The van der Waals surface area contributed by atoms with Crippen molar-refractivity contribution in [2.75, 3.05) is 33.3 Å². The molecule has 1 amide bonds. The molecule has 128 valence electrons. The molecular weight excluding hydrogens is 290 g/mol. The maximum atomic E-state index is 12.4. The van der Waals surface area contributed by atoms with Gasteiger partial charge in [-0.25, -0.2) is 0 Å². The maximum absolute atomic E-state index is 12.4. The van der Waals surface area contributed by atoms with Crippen LogP contribution in [0.25, 0.3) is 0 Å². The molecular formula is C18H29N3O2. The fraction of sp³-hybridized carbons (Fsp3) is 0.611. The molecule has 5 heteroatoms.